The van der Waals surface area contributed by atoms with Crippen LogP contribution in [0.15, 0.2) is 36.5 Å². The van der Waals surface area contributed by atoms with E-state index in [-0.39, 0.29) is 24.0 Å². The van der Waals surface area contributed by atoms with E-state index in [1.807, 2.05) is 12.1 Å². The first kappa shape index (κ1) is 13.6. The molecule has 1 aliphatic rings. The van der Waals surface area contributed by atoms with E-state index in [0.717, 1.165) is 27.9 Å². The monoisotopic (exact) mass is 309 g/mol. The second-order valence-electron chi connectivity index (χ2n) is 5.78. The Kier molecular flexibility index (Phi) is 2.81. The first-order valence-electron chi connectivity index (χ1n) is 7.35. The van der Waals surface area contributed by atoms with Gasteiger partial charge in [0.25, 0.3) is 0 Å². The highest BCUT2D eigenvalue weighted by Gasteiger charge is 2.40. The Balaban J connectivity index is 2.00. The van der Waals surface area contributed by atoms with Crippen molar-refractivity contribution in [3.63, 3.8) is 0 Å². The van der Waals surface area contributed by atoms with Crippen LogP contribution in [0.1, 0.15) is 17.9 Å². The number of carbonyl (C=O) groups is 2. The standard InChI is InChI=1S/C17H15N3O3/c1-20-14(22)8-11(17(20)23)15-10-7-9(21)4-5-12(10)19-16(15)13-3-2-6-18-13/h2-7,11,18-19,21H,8H2,1H3. The van der Waals surface area contributed by atoms with Crippen molar-refractivity contribution >= 4 is 22.7 Å². The van der Waals surface area contributed by atoms with Gasteiger partial charge < -0.3 is 15.1 Å². The number of aromatic amines is 2. The molecule has 0 spiro atoms. The van der Waals surface area contributed by atoms with Gasteiger partial charge in [-0.15, -0.1) is 0 Å². The Bertz CT molecular complexity index is 924. The fourth-order valence-corrected chi connectivity index (χ4v) is 3.24. The van der Waals surface area contributed by atoms with Crippen molar-refractivity contribution in [3.8, 4) is 17.1 Å². The van der Waals surface area contributed by atoms with Crippen LogP contribution in [0.3, 0.4) is 0 Å². The van der Waals surface area contributed by atoms with E-state index >= 15 is 0 Å². The number of H-pyrrole nitrogens is 2. The van der Waals surface area contributed by atoms with Gasteiger partial charge in [0, 0.05) is 36.1 Å². The maximum Gasteiger partial charge on any atom is 0.237 e. The smallest absolute Gasteiger partial charge is 0.237 e. The zero-order valence-corrected chi connectivity index (χ0v) is 12.5. The molecule has 1 fully saturated rings. The van der Waals surface area contributed by atoms with Gasteiger partial charge in [0.05, 0.1) is 17.3 Å². The fraction of sp³-hybridized carbons (Fsp3) is 0.176. The Labute approximate surface area is 131 Å². The third-order valence-electron chi connectivity index (χ3n) is 4.42. The van der Waals surface area contributed by atoms with Gasteiger partial charge in [-0.1, -0.05) is 0 Å². The number of hydrogen-bond acceptors (Lipinski definition) is 3. The van der Waals surface area contributed by atoms with Crippen LogP contribution in [-0.4, -0.2) is 38.8 Å². The number of nitrogens with zero attached hydrogens (tertiary/aromatic N) is 1. The molecule has 3 aromatic rings. The first-order valence-corrected chi connectivity index (χ1v) is 7.35. The van der Waals surface area contributed by atoms with Crippen LogP contribution in [-0.2, 0) is 9.59 Å². The lowest BCUT2D eigenvalue weighted by atomic mass is 9.93. The largest absolute Gasteiger partial charge is 0.508 e. The van der Waals surface area contributed by atoms with Gasteiger partial charge in [-0.3, -0.25) is 14.5 Å². The van der Waals surface area contributed by atoms with Gasteiger partial charge in [0.1, 0.15) is 5.75 Å². The molecule has 0 aliphatic carbocycles. The second kappa shape index (κ2) is 4.74. The number of rotatable bonds is 2. The molecule has 116 valence electrons. The summed E-state index contributed by atoms with van der Waals surface area (Å²) < 4.78 is 0. The van der Waals surface area contributed by atoms with Crippen molar-refractivity contribution in [2.45, 2.75) is 12.3 Å². The van der Waals surface area contributed by atoms with Gasteiger partial charge >= 0.3 is 0 Å². The van der Waals surface area contributed by atoms with E-state index in [1.54, 1.807) is 24.4 Å². The summed E-state index contributed by atoms with van der Waals surface area (Å²) in [4.78, 5) is 32.0. The van der Waals surface area contributed by atoms with E-state index < -0.39 is 5.92 Å². The summed E-state index contributed by atoms with van der Waals surface area (Å²) in [6.45, 7) is 0. The highest BCUT2D eigenvalue weighted by Crippen LogP contribution is 2.40. The molecule has 1 unspecified atom stereocenters. The molecule has 3 N–H and O–H groups in total. The molecule has 0 saturated carbocycles. The number of phenols is 1. The Morgan fingerprint density at radius 3 is 2.74 bits per heavy atom. The van der Waals surface area contributed by atoms with Crippen molar-refractivity contribution in [2.75, 3.05) is 7.05 Å². The van der Waals surface area contributed by atoms with Crippen LogP contribution in [0.25, 0.3) is 22.3 Å². The molecule has 1 atom stereocenters. The molecular formula is C17H15N3O3. The van der Waals surface area contributed by atoms with Gasteiger partial charge in [-0.25, -0.2) is 0 Å². The van der Waals surface area contributed by atoms with Crippen LogP contribution in [0.4, 0.5) is 0 Å². The number of carbonyl (C=O) groups excluding carboxylic acids is 2. The number of nitrogens with one attached hydrogen (secondary N) is 2. The molecule has 1 saturated heterocycles. The highest BCUT2D eigenvalue weighted by atomic mass is 16.3. The molecule has 4 rings (SSSR count). The summed E-state index contributed by atoms with van der Waals surface area (Å²) in [5.41, 5.74) is 3.18. The van der Waals surface area contributed by atoms with Crippen molar-refractivity contribution < 1.29 is 14.7 Å². The van der Waals surface area contributed by atoms with Gasteiger partial charge in [0.15, 0.2) is 0 Å². The van der Waals surface area contributed by atoms with E-state index in [2.05, 4.69) is 9.97 Å². The summed E-state index contributed by atoms with van der Waals surface area (Å²) in [6, 6.07) is 8.76. The summed E-state index contributed by atoms with van der Waals surface area (Å²) in [6.07, 6.45) is 1.95. The van der Waals surface area contributed by atoms with Crippen molar-refractivity contribution in [3.05, 3.63) is 42.1 Å². The molecule has 2 aromatic heterocycles. The quantitative estimate of drug-likeness (QED) is 0.635. The van der Waals surface area contributed by atoms with Crippen LogP contribution < -0.4 is 0 Å². The van der Waals surface area contributed by atoms with Crippen molar-refractivity contribution in [1.29, 1.82) is 0 Å². The van der Waals surface area contributed by atoms with E-state index in [4.69, 9.17) is 0 Å². The number of likely N-dealkylation sites (tertiary alicyclic amines) is 1. The molecule has 2 amide bonds. The topological polar surface area (TPSA) is 89.2 Å². The maximum atomic E-state index is 12.5. The predicted octanol–water partition coefficient (Wildman–Crippen LogP) is 2.34. The number of aromatic nitrogens is 2. The molecule has 1 aromatic carbocycles. The highest BCUT2D eigenvalue weighted by molar-refractivity contribution is 6.09. The minimum atomic E-state index is -0.540. The maximum absolute atomic E-state index is 12.5. The van der Waals surface area contributed by atoms with Gasteiger partial charge in [-0.05, 0) is 30.3 Å². The van der Waals surface area contributed by atoms with Crippen LogP contribution in [0, 0.1) is 0 Å². The SMILES string of the molecule is CN1C(=O)CC(c2c(-c3ccc[nH]3)[nH]c3ccc(O)cc23)C1=O. The van der Waals surface area contributed by atoms with Crippen molar-refractivity contribution in [2.24, 2.45) is 0 Å². The Morgan fingerprint density at radius 1 is 1.26 bits per heavy atom. The summed E-state index contributed by atoms with van der Waals surface area (Å²) in [7, 11) is 1.51. The minimum Gasteiger partial charge on any atom is -0.508 e. The molecule has 1 aliphatic heterocycles. The molecule has 3 heterocycles. The van der Waals surface area contributed by atoms with Crippen LogP contribution in [0.2, 0.25) is 0 Å². The molecule has 0 radical (unpaired) electrons. The zero-order chi connectivity index (χ0) is 16.1. The lowest BCUT2D eigenvalue weighted by Crippen LogP contribution is -2.25. The average Bonchev–Trinajstić information content (AvgIpc) is 3.22. The number of aromatic hydroxyl groups is 1. The summed E-state index contributed by atoms with van der Waals surface area (Å²) >= 11 is 0. The number of hydrogen-bond donors (Lipinski definition) is 3. The number of imide groups is 1. The third kappa shape index (κ3) is 1.95. The number of benzene rings is 1. The Morgan fingerprint density at radius 2 is 2.09 bits per heavy atom. The summed E-state index contributed by atoms with van der Waals surface area (Å²) in [5, 5.41) is 10.6. The lowest BCUT2D eigenvalue weighted by Gasteiger charge is -2.10. The molecule has 0 bridgehead atoms. The average molecular weight is 309 g/mol. The zero-order valence-electron chi connectivity index (χ0n) is 12.5. The minimum absolute atomic E-state index is 0.126. The molecule has 6 nitrogen and oxygen atoms in total. The van der Waals surface area contributed by atoms with E-state index in [9.17, 15) is 14.7 Å². The van der Waals surface area contributed by atoms with E-state index in [1.165, 1.54) is 11.9 Å². The van der Waals surface area contributed by atoms with Crippen LogP contribution >= 0.6 is 0 Å². The molecular weight excluding hydrogens is 294 g/mol. The Hall–Kier alpha value is -3.02. The predicted molar refractivity (Wildman–Crippen MR) is 84.9 cm³/mol. The van der Waals surface area contributed by atoms with Crippen LogP contribution in [0.5, 0.6) is 5.75 Å². The van der Waals surface area contributed by atoms with Crippen molar-refractivity contribution in [1.82, 2.24) is 14.9 Å². The molecule has 6 heteroatoms. The normalized spacial score (nSPS) is 18.3. The number of phenolic OH excluding ortho intramolecular Hbond substituents is 1. The number of fused-ring (bicyclic) bond motifs is 1. The van der Waals surface area contributed by atoms with Gasteiger partial charge in [-0.2, -0.15) is 0 Å². The first-order chi connectivity index (χ1) is 11.1. The summed E-state index contributed by atoms with van der Waals surface area (Å²) in [5.74, 6) is -0.818. The second-order valence-corrected chi connectivity index (χ2v) is 5.78. The fourth-order valence-electron chi connectivity index (χ4n) is 3.24. The van der Waals surface area contributed by atoms with Gasteiger partial charge in [0.2, 0.25) is 11.8 Å². The third-order valence-corrected chi connectivity index (χ3v) is 4.42. The van der Waals surface area contributed by atoms with E-state index in [0.29, 0.717) is 0 Å². The number of amides is 2. The molecule has 23 heavy (non-hydrogen) atoms. The lowest BCUT2D eigenvalue weighted by molar-refractivity contribution is -0.137. The number of likely N-dealkylation sites (N-methyl/N-ethyl adjacent to an activating group) is 1.